The summed E-state index contributed by atoms with van der Waals surface area (Å²) in [5.41, 5.74) is 1.22. The van der Waals surface area contributed by atoms with Crippen LogP contribution < -0.4 is 4.90 Å². The van der Waals surface area contributed by atoms with Gasteiger partial charge >= 0.3 is 0 Å². The van der Waals surface area contributed by atoms with Crippen molar-refractivity contribution < 1.29 is 19.2 Å². The highest BCUT2D eigenvalue weighted by Gasteiger charge is 2.39. The van der Waals surface area contributed by atoms with E-state index in [0.29, 0.717) is 25.0 Å². The van der Waals surface area contributed by atoms with Gasteiger partial charge in [0.15, 0.2) is 11.4 Å². The van der Waals surface area contributed by atoms with Crippen LogP contribution in [-0.4, -0.2) is 29.3 Å². The molecule has 3 unspecified atom stereocenters. The van der Waals surface area contributed by atoms with Gasteiger partial charge in [0.25, 0.3) is 0 Å². The second-order valence-electron chi connectivity index (χ2n) is 9.75. The number of nitrogens with one attached hydrogen (secondary N) is 1. The molecule has 1 saturated heterocycles. The fraction of sp³-hybridized carbons (Fsp3) is 0.323. The van der Waals surface area contributed by atoms with E-state index in [2.05, 4.69) is 36.2 Å². The number of piperidine rings is 1. The van der Waals surface area contributed by atoms with Gasteiger partial charge in [-0.25, -0.2) is 4.98 Å². The van der Waals surface area contributed by atoms with Crippen LogP contribution in [0.1, 0.15) is 48.1 Å². The minimum atomic E-state index is -1.45. The topological polar surface area (TPSA) is 59.9 Å². The van der Waals surface area contributed by atoms with Gasteiger partial charge in [-0.15, -0.1) is 0 Å². The Labute approximate surface area is 213 Å². The van der Waals surface area contributed by atoms with E-state index >= 15 is 0 Å². The second-order valence-corrected chi connectivity index (χ2v) is 9.75. The summed E-state index contributed by atoms with van der Waals surface area (Å²) in [7, 11) is 0. The number of hydrogen-bond donors (Lipinski definition) is 2. The van der Waals surface area contributed by atoms with Crippen LogP contribution in [0.3, 0.4) is 0 Å². The smallest absolute Gasteiger partial charge is 0.236 e. The number of aromatic nitrogens is 1. The van der Waals surface area contributed by atoms with E-state index in [4.69, 9.17) is 9.15 Å². The van der Waals surface area contributed by atoms with Crippen LogP contribution in [-0.2, 0) is 23.5 Å². The van der Waals surface area contributed by atoms with Crippen molar-refractivity contribution in [1.29, 1.82) is 0 Å². The SMILES string of the molecule is CCC1CC[NH+](Cc2cnc(C(O)(c3ccccc3)c3ccccc3)o2)CC1OCc1ccccc1. The van der Waals surface area contributed by atoms with Crippen molar-refractivity contribution in [2.24, 2.45) is 5.92 Å². The molecule has 0 saturated carbocycles. The molecule has 0 spiro atoms. The van der Waals surface area contributed by atoms with Gasteiger partial charge in [-0.05, 0) is 22.6 Å². The number of hydrogen-bond acceptors (Lipinski definition) is 4. The Morgan fingerprint density at radius 3 is 2.17 bits per heavy atom. The van der Waals surface area contributed by atoms with E-state index < -0.39 is 5.60 Å². The molecule has 1 aliphatic heterocycles. The minimum absolute atomic E-state index is 0.215. The molecule has 36 heavy (non-hydrogen) atoms. The number of ether oxygens (including phenoxy) is 1. The molecule has 5 heteroatoms. The van der Waals surface area contributed by atoms with Gasteiger partial charge in [0, 0.05) is 6.42 Å². The molecule has 5 nitrogen and oxygen atoms in total. The first kappa shape index (κ1) is 24.4. The van der Waals surface area contributed by atoms with Gasteiger partial charge in [0.05, 0.1) is 19.3 Å². The Morgan fingerprint density at radius 1 is 0.944 bits per heavy atom. The number of oxazole rings is 1. The second kappa shape index (κ2) is 11.2. The van der Waals surface area contributed by atoms with Crippen LogP contribution in [0.25, 0.3) is 0 Å². The largest absolute Gasteiger partial charge is 0.436 e. The predicted molar refractivity (Wildman–Crippen MR) is 139 cm³/mol. The van der Waals surface area contributed by atoms with Crippen molar-refractivity contribution in [3.05, 3.63) is 126 Å². The van der Waals surface area contributed by atoms with Gasteiger partial charge in [-0.3, -0.25) is 0 Å². The molecule has 0 radical (unpaired) electrons. The van der Waals surface area contributed by atoms with Gasteiger partial charge in [-0.1, -0.05) is 104 Å². The van der Waals surface area contributed by atoms with E-state index in [0.717, 1.165) is 42.8 Å². The van der Waals surface area contributed by atoms with E-state index in [1.54, 1.807) is 6.20 Å². The highest BCUT2D eigenvalue weighted by atomic mass is 16.5. The number of rotatable bonds is 9. The number of nitrogens with zero attached hydrogens (tertiary/aromatic N) is 1. The summed E-state index contributed by atoms with van der Waals surface area (Å²) >= 11 is 0. The first-order valence-electron chi connectivity index (χ1n) is 12.9. The molecule has 4 aromatic rings. The molecule has 0 amide bonds. The standard InChI is InChI=1S/C31H34N2O3/c1-2-25-18-19-33(22-29(25)35-23-24-12-6-3-7-13-24)21-28-20-32-30(36-28)31(34,26-14-8-4-9-15-26)27-16-10-5-11-17-27/h3-17,20,25,29,34H,2,18-19,21-23H2,1H3/p+1. The quantitative estimate of drug-likeness (QED) is 0.371. The average Bonchev–Trinajstić information content (AvgIpc) is 3.42. The Morgan fingerprint density at radius 2 is 1.56 bits per heavy atom. The monoisotopic (exact) mass is 483 g/mol. The fourth-order valence-electron chi connectivity index (χ4n) is 5.30. The Hall–Kier alpha value is -3.25. The number of benzene rings is 3. The molecule has 1 aromatic heterocycles. The maximum Gasteiger partial charge on any atom is 0.236 e. The molecule has 1 fully saturated rings. The first-order chi connectivity index (χ1) is 17.7. The summed E-state index contributed by atoms with van der Waals surface area (Å²) < 4.78 is 12.7. The van der Waals surface area contributed by atoms with Crippen molar-refractivity contribution in [3.63, 3.8) is 0 Å². The zero-order chi connectivity index (χ0) is 24.8. The maximum absolute atomic E-state index is 11.9. The summed E-state index contributed by atoms with van der Waals surface area (Å²) in [4.78, 5) is 5.99. The molecular formula is C31H35N2O3+. The summed E-state index contributed by atoms with van der Waals surface area (Å²) in [6, 6.07) is 29.6. The van der Waals surface area contributed by atoms with Crippen LogP contribution in [0.5, 0.6) is 0 Å². The lowest BCUT2D eigenvalue weighted by atomic mass is 9.86. The molecule has 186 valence electrons. The van der Waals surface area contributed by atoms with Crippen LogP contribution in [0.2, 0.25) is 0 Å². The third-order valence-electron chi connectivity index (χ3n) is 7.39. The molecule has 3 atom stereocenters. The molecule has 1 aliphatic rings. The molecule has 2 heterocycles. The highest BCUT2D eigenvalue weighted by Crippen LogP contribution is 2.36. The van der Waals surface area contributed by atoms with E-state index in [9.17, 15) is 5.11 Å². The molecule has 5 rings (SSSR count). The van der Waals surface area contributed by atoms with Crippen LogP contribution in [0.15, 0.2) is 102 Å². The Balaban J connectivity index is 1.32. The zero-order valence-electron chi connectivity index (χ0n) is 20.8. The van der Waals surface area contributed by atoms with Gasteiger partial charge < -0.3 is 19.2 Å². The summed E-state index contributed by atoms with van der Waals surface area (Å²) in [6.45, 7) is 5.62. The van der Waals surface area contributed by atoms with Crippen molar-refractivity contribution in [2.45, 2.75) is 44.6 Å². The summed E-state index contributed by atoms with van der Waals surface area (Å²) in [6.07, 6.45) is 4.24. The van der Waals surface area contributed by atoms with Gasteiger partial charge in [0.2, 0.25) is 5.89 Å². The van der Waals surface area contributed by atoms with Crippen molar-refractivity contribution in [1.82, 2.24) is 4.98 Å². The summed E-state index contributed by atoms with van der Waals surface area (Å²) in [5, 5.41) is 11.9. The molecular weight excluding hydrogens is 448 g/mol. The van der Waals surface area contributed by atoms with Crippen molar-refractivity contribution in [3.8, 4) is 0 Å². The molecule has 0 bridgehead atoms. The minimum Gasteiger partial charge on any atom is -0.436 e. The predicted octanol–water partition coefficient (Wildman–Crippen LogP) is 4.36. The third kappa shape index (κ3) is 5.29. The van der Waals surface area contributed by atoms with Crippen LogP contribution in [0, 0.1) is 5.92 Å². The Bertz CT molecular complexity index is 1170. The normalized spacial score (nSPS) is 20.3. The van der Waals surface area contributed by atoms with E-state index in [-0.39, 0.29) is 6.10 Å². The maximum atomic E-state index is 11.9. The fourth-order valence-corrected chi connectivity index (χ4v) is 5.30. The van der Waals surface area contributed by atoms with E-state index in [1.165, 1.54) is 10.5 Å². The summed E-state index contributed by atoms with van der Waals surface area (Å²) in [5.74, 6) is 1.65. The van der Waals surface area contributed by atoms with Crippen molar-refractivity contribution >= 4 is 0 Å². The highest BCUT2D eigenvalue weighted by molar-refractivity contribution is 5.41. The van der Waals surface area contributed by atoms with E-state index in [1.807, 2.05) is 66.7 Å². The number of aliphatic hydroxyl groups is 1. The molecule has 0 aliphatic carbocycles. The van der Waals surface area contributed by atoms with Crippen LogP contribution >= 0.6 is 0 Å². The van der Waals surface area contributed by atoms with Gasteiger partial charge in [0.1, 0.15) is 19.2 Å². The lowest BCUT2D eigenvalue weighted by Gasteiger charge is -2.35. The molecule has 3 aromatic carbocycles. The first-order valence-corrected chi connectivity index (χ1v) is 12.9. The van der Waals surface area contributed by atoms with Crippen molar-refractivity contribution in [2.75, 3.05) is 13.1 Å². The Kier molecular flexibility index (Phi) is 7.61. The molecule has 2 N–H and O–H groups in total. The number of likely N-dealkylation sites (tertiary alicyclic amines) is 1. The average molecular weight is 484 g/mol. The zero-order valence-corrected chi connectivity index (χ0v) is 20.8. The van der Waals surface area contributed by atoms with Crippen LogP contribution in [0.4, 0.5) is 0 Å². The van der Waals surface area contributed by atoms with Gasteiger partial charge in [-0.2, -0.15) is 0 Å². The lowest BCUT2D eigenvalue weighted by Crippen LogP contribution is -3.13. The number of quaternary nitrogens is 1. The lowest BCUT2D eigenvalue weighted by molar-refractivity contribution is -0.924. The third-order valence-corrected chi connectivity index (χ3v) is 7.39.